The van der Waals surface area contributed by atoms with Crippen molar-refractivity contribution in [2.75, 3.05) is 11.9 Å². The number of hydrogen-bond donors (Lipinski definition) is 1. The summed E-state index contributed by atoms with van der Waals surface area (Å²) in [6.45, 7) is 2.70. The SMILES string of the molecule is Cc1ccc(NC(=O)N(CCc2csc3nc(-c4ccc(F)cc4)cn23)Cc2ccco2)cc1Cl. The second-order valence-corrected chi connectivity index (χ2v) is 9.40. The highest BCUT2D eigenvalue weighted by Gasteiger charge is 2.18. The first-order valence-electron chi connectivity index (χ1n) is 11.0. The molecule has 0 saturated carbocycles. The molecule has 2 amide bonds. The first kappa shape index (κ1) is 23.1. The predicted molar refractivity (Wildman–Crippen MR) is 136 cm³/mol. The van der Waals surface area contributed by atoms with Crippen LogP contribution in [0.5, 0.6) is 0 Å². The van der Waals surface area contributed by atoms with E-state index in [1.54, 1.807) is 35.4 Å². The molecule has 0 bridgehead atoms. The third-order valence-corrected chi connectivity index (χ3v) is 6.99. The van der Waals surface area contributed by atoms with E-state index in [0.717, 1.165) is 27.5 Å². The van der Waals surface area contributed by atoms with Crippen LogP contribution in [0, 0.1) is 12.7 Å². The fraction of sp³-hybridized carbons (Fsp3) is 0.154. The molecule has 1 N–H and O–H groups in total. The average molecular weight is 509 g/mol. The van der Waals surface area contributed by atoms with E-state index in [-0.39, 0.29) is 11.8 Å². The van der Waals surface area contributed by atoms with Gasteiger partial charge in [0.25, 0.3) is 0 Å². The smallest absolute Gasteiger partial charge is 0.322 e. The number of aromatic nitrogens is 2. The second-order valence-electron chi connectivity index (χ2n) is 8.16. The van der Waals surface area contributed by atoms with Crippen LogP contribution in [-0.4, -0.2) is 26.9 Å². The summed E-state index contributed by atoms with van der Waals surface area (Å²) in [4.78, 5) is 20.4. The molecule has 6 nitrogen and oxygen atoms in total. The van der Waals surface area contributed by atoms with Crippen molar-refractivity contribution in [2.45, 2.75) is 19.9 Å². The quantitative estimate of drug-likeness (QED) is 0.256. The number of fused-ring (bicyclic) bond motifs is 1. The van der Waals surface area contributed by atoms with E-state index in [1.807, 2.05) is 41.1 Å². The molecule has 0 saturated heterocycles. The van der Waals surface area contributed by atoms with Gasteiger partial charge in [-0.1, -0.05) is 17.7 Å². The normalized spacial score (nSPS) is 11.2. The number of anilines is 1. The van der Waals surface area contributed by atoms with E-state index >= 15 is 0 Å². The second kappa shape index (κ2) is 9.93. The fourth-order valence-corrected chi connectivity index (χ4v) is 4.82. The number of carbonyl (C=O) groups excluding carboxylic acids is 1. The Morgan fingerprint density at radius 2 is 2.06 bits per heavy atom. The summed E-state index contributed by atoms with van der Waals surface area (Å²) in [7, 11) is 0. The van der Waals surface area contributed by atoms with Crippen molar-refractivity contribution >= 4 is 39.6 Å². The van der Waals surface area contributed by atoms with Gasteiger partial charge in [-0.2, -0.15) is 0 Å². The number of furan rings is 1. The molecule has 0 aliphatic rings. The summed E-state index contributed by atoms with van der Waals surface area (Å²) in [6, 6.07) is 15.1. The van der Waals surface area contributed by atoms with Crippen LogP contribution in [0.4, 0.5) is 14.9 Å². The first-order chi connectivity index (χ1) is 17.0. The molecular weight excluding hydrogens is 487 g/mol. The molecule has 5 aromatic rings. The molecule has 0 spiro atoms. The third kappa shape index (κ3) is 5.23. The Bertz CT molecular complexity index is 1460. The van der Waals surface area contributed by atoms with E-state index in [4.69, 9.17) is 16.0 Å². The summed E-state index contributed by atoms with van der Waals surface area (Å²) < 4.78 is 20.8. The number of thiazole rings is 1. The van der Waals surface area contributed by atoms with Gasteiger partial charge in [-0.15, -0.1) is 11.3 Å². The van der Waals surface area contributed by atoms with Crippen LogP contribution < -0.4 is 5.32 Å². The van der Waals surface area contributed by atoms with Crippen molar-refractivity contribution in [1.29, 1.82) is 0 Å². The van der Waals surface area contributed by atoms with Gasteiger partial charge < -0.3 is 14.6 Å². The molecule has 0 radical (unpaired) electrons. The average Bonchev–Trinajstić information content (AvgIpc) is 3.58. The molecule has 3 aromatic heterocycles. The largest absolute Gasteiger partial charge is 0.467 e. The zero-order valence-electron chi connectivity index (χ0n) is 18.9. The summed E-state index contributed by atoms with van der Waals surface area (Å²) in [5, 5.41) is 5.57. The Morgan fingerprint density at radius 1 is 1.23 bits per heavy atom. The van der Waals surface area contributed by atoms with Crippen molar-refractivity contribution in [3.05, 3.63) is 100 Å². The topological polar surface area (TPSA) is 62.8 Å². The van der Waals surface area contributed by atoms with Crippen LogP contribution in [0.1, 0.15) is 17.0 Å². The minimum Gasteiger partial charge on any atom is -0.467 e. The lowest BCUT2D eigenvalue weighted by molar-refractivity contribution is 0.204. The Morgan fingerprint density at radius 3 is 2.80 bits per heavy atom. The number of nitrogens with zero attached hydrogens (tertiary/aromatic N) is 3. The number of halogens is 2. The van der Waals surface area contributed by atoms with E-state index < -0.39 is 0 Å². The van der Waals surface area contributed by atoms with Gasteiger partial charge in [0.15, 0.2) is 4.96 Å². The van der Waals surface area contributed by atoms with Crippen LogP contribution in [0.25, 0.3) is 16.2 Å². The summed E-state index contributed by atoms with van der Waals surface area (Å²) in [5.41, 5.74) is 4.23. The number of nitrogens with one attached hydrogen (secondary N) is 1. The van der Waals surface area contributed by atoms with Gasteiger partial charge >= 0.3 is 6.03 Å². The number of urea groups is 1. The summed E-state index contributed by atoms with van der Waals surface area (Å²) in [6.07, 6.45) is 4.15. The van der Waals surface area contributed by atoms with Gasteiger partial charge in [0.1, 0.15) is 11.6 Å². The number of hydrogen-bond acceptors (Lipinski definition) is 4. The van der Waals surface area contributed by atoms with Gasteiger partial charge in [0.05, 0.1) is 18.5 Å². The third-order valence-electron chi connectivity index (χ3n) is 5.70. The molecule has 0 aliphatic heterocycles. The molecule has 0 unspecified atom stereocenters. The van der Waals surface area contributed by atoms with Crippen LogP contribution >= 0.6 is 22.9 Å². The van der Waals surface area contributed by atoms with E-state index in [0.29, 0.717) is 36.0 Å². The molecule has 3 heterocycles. The van der Waals surface area contributed by atoms with Gasteiger partial charge in [-0.3, -0.25) is 4.40 Å². The lowest BCUT2D eigenvalue weighted by atomic mass is 10.2. The highest BCUT2D eigenvalue weighted by atomic mass is 35.5. The highest BCUT2D eigenvalue weighted by Crippen LogP contribution is 2.25. The number of benzene rings is 2. The number of amides is 2. The zero-order valence-corrected chi connectivity index (χ0v) is 20.4. The van der Waals surface area contributed by atoms with E-state index in [1.165, 1.54) is 23.5 Å². The lowest BCUT2D eigenvalue weighted by Gasteiger charge is -2.22. The maximum atomic E-state index is 13.3. The van der Waals surface area contributed by atoms with Crippen molar-refractivity contribution in [1.82, 2.24) is 14.3 Å². The molecule has 0 fully saturated rings. The monoisotopic (exact) mass is 508 g/mol. The molecule has 9 heteroatoms. The molecule has 0 aliphatic carbocycles. The van der Waals surface area contributed by atoms with Crippen LogP contribution in [0.2, 0.25) is 5.02 Å². The molecule has 35 heavy (non-hydrogen) atoms. The summed E-state index contributed by atoms with van der Waals surface area (Å²) >= 11 is 7.75. The maximum absolute atomic E-state index is 13.3. The van der Waals surface area contributed by atoms with E-state index in [9.17, 15) is 9.18 Å². The predicted octanol–water partition coefficient (Wildman–Crippen LogP) is 7.03. The lowest BCUT2D eigenvalue weighted by Crippen LogP contribution is -2.36. The zero-order chi connectivity index (χ0) is 24.4. The maximum Gasteiger partial charge on any atom is 0.322 e. The van der Waals surface area contributed by atoms with Crippen molar-refractivity contribution < 1.29 is 13.6 Å². The number of rotatable bonds is 7. The van der Waals surface area contributed by atoms with Gasteiger partial charge in [0.2, 0.25) is 0 Å². The molecule has 2 aromatic carbocycles. The number of imidazole rings is 1. The van der Waals surface area contributed by atoms with Crippen molar-refractivity contribution in [3.8, 4) is 11.3 Å². The Labute approximate surface area is 210 Å². The van der Waals surface area contributed by atoms with Crippen LogP contribution in [0.15, 0.2) is 76.9 Å². The molecule has 0 atom stereocenters. The van der Waals surface area contributed by atoms with Crippen LogP contribution in [-0.2, 0) is 13.0 Å². The number of carbonyl (C=O) groups is 1. The van der Waals surface area contributed by atoms with Crippen molar-refractivity contribution in [3.63, 3.8) is 0 Å². The van der Waals surface area contributed by atoms with Crippen LogP contribution in [0.3, 0.4) is 0 Å². The molecule has 178 valence electrons. The summed E-state index contributed by atoms with van der Waals surface area (Å²) in [5.74, 6) is 0.414. The Kier molecular flexibility index (Phi) is 6.57. The van der Waals surface area contributed by atoms with Crippen molar-refractivity contribution in [2.24, 2.45) is 0 Å². The van der Waals surface area contributed by atoms with E-state index in [2.05, 4.69) is 10.3 Å². The van der Waals surface area contributed by atoms with Gasteiger partial charge in [-0.05, 0) is 61.0 Å². The van der Waals surface area contributed by atoms with Gasteiger partial charge in [-0.25, -0.2) is 14.2 Å². The minimum absolute atomic E-state index is 0.245. The Hall–Kier alpha value is -3.62. The van der Waals surface area contributed by atoms with Gasteiger partial charge in [0, 0.05) is 46.5 Å². The standard InChI is InChI=1S/C26H22ClFN4O2S/c1-17-4-9-20(13-23(17)27)29-25(33)31(14-22-3-2-12-34-22)11-10-21-16-35-26-30-24(15-32(21)26)18-5-7-19(28)8-6-18/h2-9,12-13,15-16H,10-11,14H2,1H3,(H,29,33). The fourth-order valence-electron chi connectivity index (χ4n) is 3.73. The Balaban J connectivity index is 1.34. The highest BCUT2D eigenvalue weighted by molar-refractivity contribution is 7.15. The molecular formula is C26H22ClFN4O2S. The molecule has 5 rings (SSSR count). The number of aryl methyl sites for hydroxylation is 1. The first-order valence-corrected chi connectivity index (χ1v) is 12.3. The minimum atomic E-state index is -0.279.